The van der Waals surface area contributed by atoms with Crippen LogP contribution in [0.5, 0.6) is 0 Å². The molecule has 1 aromatic rings. The van der Waals surface area contributed by atoms with E-state index in [0.717, 1.165) is 0 Å². The van der Waals surface area contributed by atoms with Crippen LogP contribution in [0.3, 0.4) is 0 Å². The van der Waals surface area contributed by atoms with Crippen LogP contribution >= 0.6 is 11.8 Å². The maximum absolute atomic E-state index is 12.8. The molecule has 0 bridgehead atoms. The third-order valence-electron chi connectivity index (χ3n) is 4.22. The number of nitro benzene ring substituents is 1. The third kappa shape index (κ3) is 5.12. The molecular weight excluding hydrogens is 400 g/mol. The molecule has 0 radical (unpaired) electrons. The number of carbonyl (C=O) groups excluding carboxylic acids is 1. The Balaban J connectivity index is 2.68. The van der Waals surface area contributed by atoms with Crippen LogP contribution in [0.4, 0.5) is 5.69 Å². The van der Waals surface area contributed by atoms with Crippen LogP contribution in [0.2, 0.25) is 0 Å². The summed E-state index contributed by atoms with van der Waals surface area (Å²) in [5.41, 5.74) is 6.15. The molecule has 156 valence electrons. The van der Waals surface area contributed by atoms with E-state index in [4.69, 9.17) is 10.5 Å². The Bertz CT molecular complexity index is 883. The normalized spacial score (nSPS) is 16.4. The van der Waals surface area contributed by atoms with E-state index in [1.54, 1.807) is 6.92 Å². The average Bonchev–Trinajstić information content (AvgIpc) is 2.67. The lowest BCUT2D eigenvalue weighted by Crippen LogP contribution is -2.33. The van der Waals surface area contributed by atoms with Gasteiger partial charge in [-0.2, -0.15) is 11.8 Å². The summed E-state index contributed by atoms with van der Waals surface area (Å²) in [5, 5.41) is 26.0. The Hall–Kier alpha value is -2.92. The van der Waals surface area contributed by atoms with Crippen molar-refractivity contribution in [1.29, 1.82) is 0 Å². The quantitative estimate of drug-likeness (QED) is 0.264. The second-order valence-corrected chi connectivity index (χ2v) is 7.24. The highest BCUT2D eigenvalue weighted by Crippen LogP contribution is 2.40. The molecule has 3 N–H and O–H groups in total. The molecule has 1 aromatic carbocycles. The Morgan fingerprint density at radius 1 is 1.31 bits per heavy atom. The van der Waals surface area contributed by atoms with Crippen molar-refractivity contribution in [3.05, 3.63) is 72.7 Å². The predicted molar refractivity (Wildman–Crippen MR) is 109 cm³/mol. The number of ether oxygens (including phenoxy) is 1. The highest BCUT2D eigenvalue weighted by Gasteiger charge is 2.42. The van der Waals surface area contributed by atoms with Gasteiger partial charge in [0.05, 0.1) is 27.7 Å². The van der Waals surface area contributed by atoms with Gasteiger partial charge in [0.2, 0.25) is 0 Å². The predicted octanol–water partition coefficient (Wildman–Crippen LogP) is 2.30. The first kappa shape index (κ1) is 22.4. The smallest absolute Gasteiger partial charge is 0.337 e. The van der Waals surface area contributed by atoms with E-state index in [2.05, 4.69) is 5.32 Å². The summed E-state index contributed by atoms with van der Waals surface area (Å²) in [4.78, 5) is 34.7. The molecule has 1 aliphatic heterocycles. The first-order chi connectivity index (χ1) is 13.8. The number of hydrogen-bond donors (Lipinski definition) is 2. The van der Waals surface area contributed by atoms with Crippen LogP contribution in [0, 0.1) is 20.2 Å². The zero-order chi connectivity index (χ0) is 21.6. The molecule has 11 heteroatoms. The van der Waals surface area contributed by atoms with Gasteiger partial charge in [0.1, 0.15) is 5.92 Å². The van der Waals surface area contributed by atoms with Gasteiger partial charge >= 0.3 is 5.97 Å². The fourth-order valence-electron chi connectivity index (χ4n) is 3.09. The van der Waals surface area contributed by atoms with E-state index >= 15 is 0 Å². The second-order valence-electron chi connectivity index (χ2n) is 6.13. The number of carbonyl (C=O) groups is 1. The van der Waals surface area contributed by atoms with Gasteiger partial charge in [0.25, 0.3) is 11.4 Å². The molecule has 1 heterocycles. The number of hydrogen-bond acceptors (Lipinski definition) is 9. The van der Waals surface area contributed by atoms with Crippen molar-refractivity contribution in [2.75, 3.05) is 24.7 Å². The summed E-state index contributed by atoms with van der Waals surface area (Å²) in [5.74, 6) is -0.808. The van der Waals surface area contributed by atoms with Crippen molar-refractivity contribution >= 4 is 23.4 Å². The van der Waals surface area contributed by atoms with E-state index in [-0.39, 0.29) is 34.8 Å². The molecule has 2 rings (SSSR count). The van der Waals surface area contributed by atoms with Gasteiger partial charge in [-0.05, 0) is 19.4 Å². The lowest BCUT2D eigenvalue weighted by molar-refractivity contribution is -0.431. The van der Waals surface area contributed by atoms with Crippen molar-refractivity contribution in [3.8, 4) is 0 Å². The van der Waals surface area contributed by atoms with E-state index in [0.29, 0.717) is 23.7 Å². The zero-order valence-electron chi connectivity index (χ0n) is 16.0. The van der Waals surface area contributed by atoms with Crippen molar-refractivity contribution < 1.29 is 19.4 Å². The van der Waals surface area contributed by atoms with Gasteiger partial charge in [0.15, 0.2) is 0 Å². The molecule has 0 saturated carbocycles. The molecule has 10 nitrogen and oxygen atoms in total. The Labute approximate surface area is 171 Å². The number of nitro groups is 2. The average molecular weight is 422 g/mol. The zero-order valence-corrected chi connectivity index (χ0v) is 16.9. The van der Waals surface area contributed by atoms with Crippen LogP contribution in [0.25, 0.3) is 0 Å². The fourth-order valence-corrected chi connectivity index (χ4v) is 3.83. The van der Waals surface area contributed by atoms with Gasteiger partial charge in [-0.3, -0.25) is 20.2 Å². The number of nitrogens with two attached hydrogens (primary N) is 1. The van der Waals surface area contributed by atoms with E-state index < -0.39 is 21.7 Å². The van der Waals surface area contributed by atoms with Crippen LogP contribution in [0.15, 0.2) is 46.9 Å². The first-order valence-electron chi connectivity index (χ1n) is 8.86. The topological polar surface area (TPSA) is 151 Å². The Kier molecular flexibility index (Phi) is 7.74. The van der Waals surface area contributed by atoms with E-state index in [1.165, 1.54) is 43.0 Å². The molecule has 1 atom stereocenters. The summed E-state index contributed by atoms with van der Waals surface area (Å²) < 4.78 is 5.16. The van der Waals surface area contributed by atoms with Crippen molar-refractivity contribution in [2.45, 2.75) is 19.8 Å². The van der Waals surface area contributed by atoms with E-state index in [9.17, 15) is 25.0 Å². The lowest BCUT2D eigenvalue weighted by Gasteiger charge is -2.27. The number of nitrogens with one attached hydrogen (secondary N) is 1. The number of thioether (sulfide) groups is 1. The molecule has 29 heavy (non-hydrogen) atoms. The molecule has 0 aliphatic carbocycles. The molecule has 1 unspecified atom stereocenters. The monoisotopic (exact) mass is 422 g/mol. The van der Waals surface area contributed by atoms with Gasteiger partial charge in [-0.1, -0.05) is 12.1 Å². The highest BCUT2D eigenvalue weighted by atomic mass is 32.2. The molecule has 0 spiro atoms. The minimum atomic E-state index is -1.10. The summed E-state index contributed by atoms with van der Waals surface area (Å²) in [6.07, 6.45) is 0. The largest absolute Gasteiger partial charge is 0.463 e. The maximum Gasteiger partial charge on any atom is 0.337 e. The molecule has 0 saturated heterocycles. The third-order valence-corrected chi connectivity index (χ3v) is 5.24. The van der Waals surface area contributed by atoms with Gasteiger partial charge in [-0.25, -0.2) is 4.79 Å². The van der Waals surface area contributed by atoms with Gasteiger partial charge in [0, 0.05) is 35.9 Å². The van der Waals surface area contributed by atoms with Crippen molar-refractivity contribution in [2.24, 2.45) is 5.73 Å². The van der Waals surface area contributed by atoms with E-state index in [1.807, 2.05) is 0 Å². The van der Waals surface area contributed by atoms with Crippen LogP contribution in [-0.2, 0) is 9.53 Å². The number of benzene rings is 1. The minimum absolute atomic E-state index is 0.0779. The van der Waals surface area contributed by atoms with Gasteiger partial charge in [-0.15, -0.1) is 0 Å². The Morgan fingerprint density at radius 3 is 2.62 bits per heavy atom. The summed E-state index contributed by atoms with van der Waals surface area (Å²) in [7, 11) is 0. The van der Waals surface area contributed by atoms with Crippen molar-refractivity contribution in [1.82, 2.24) is 5.32 Å². The molecule has 0 amide bonds. The summed E-state index contributed by atoms with van der Waals surface area (Å²) >= 11 is 1.46. The molecule has 1 aliphatic rings. The number of dihydropyridines is 1. The number of rotatable bonds is 9. The van der Waals surface area contributed by atoms with Crippen LogP contribution in [0.1, 0.15) is 25.3 Å². The maximum atomic E-state index is 12.8. The van der Waals surface area contributed by atoms with Crippen LogP contribution in [-0.4, -0.2) is 40.5 Å². The first-order valence-corrected chi connectivity index (χ1v) is 10.0. The van der Waals surface area contributed by atoms with Crippen molar-refractivity contribution in [3.63, 3.8) is 0 Å². The number of esters is 1. The minimum Gasteiger partial charge on any atom is -0.463 e. The highest BCUT2D eigenvalue weighted by molar-refractivity contribution is 7.99. The number of nitrogens with zero attached hydrogens (tertiary/aromatic N) is 2. The number of non-ortho nitro benzene ring substituents is 1. The molecular formula is C18H22N4O6S. The Morgan fingerprint density at radius 2 is 2.03 bits per heavy atom. The standard InChI is InChI=1S/C18H22N4O6S/c1-3-28-18(23)16-14(10-29-8-7-19)20-11(2)17(22(26)27)15(16)12-5-4-6-13(9-12)21(24)25/h4-6,9,15,20H,3,7-8,10,19H2,1-2H3. The van der Waals surface area contributed by atoms with Crippen LogP contribution < -0.4 is 11.1 Å². The summed E-state index contributed by atoms with van der Waals surface area (Å²) in [6, 6.07) is 5.51. The lowest BCUT2D eigenvalue weighted by atomic mass is 9.84. The SMILES string of the molecule is CCOC(=O)C1=C(CSCCN)NC(C)=C([N+](=O)[O-])C1c1cccc([N+](=O)[O-])c1. The number of allylic oxidation sites excluding steroid dienone is 2. The fraction of sp³-hybridized carbons (Fsp3) is 0.389. The molecule has 0 fully saturated rings. The molecule has 0 aromatic heterocycles. The van der Waals surface area contributed by atoms with Gasteiger partial charge < -0.3 is 15.8 Å². The summed E-state index contributed by atoms with van der Waals surface area (Å²) in [6.45, 7) is 3.70. The second kappa shape index (κ2) is 10.0.